The van der Waals surface area contributed by atoms with E-state index in [1.807, 2.05) is 13.0 Å². The minimum Gasteiger partial charge on any atom is -0.368 e. The first-order chi connectivity index (χ1) is 13.0. The van der Waals surface area contributed by atoms with Crippen LogP contribution >= 0.6 is 0 Å². The minimum absolute atomic E-state index is 0.163. The molecule has 7 nitrogen and oxygen atoms in total. The summed E-state index contributed by atoms with van der Waals surface area (Å²) in [5.74, 6) is 0.732. The number of pyridine rings is 1. The Morgan fingerprint density at radius 2 is 1.93 bits per heavy atom. The Bertz CT molecular complexity index is 1020. The number of nitrogens with zero attached hydrogens (tertiary/aromatic N) is 4. The number of aromatic amines is 1. The fourth-order valence-electron chi connectivity index (χ4n) is 3.47. The molecule has 2 aromatic heterocycles. The van der Waals surface area contributed by atoms with Crippen molar-refractivity contribution >= 4 is 22.7 Å². The molecule has 3 N–H and O–H groups in total. The Morgan fingerprint density at radius 1 is 1.15 bits per heavy atom. The molecule has 0 unspecified atom stereocenters. The number of hydrogen-bond acceptors (Lipinski definition) is 6. The van der Waals surface area contributed by atoms with Gasteiger partial charge in [0.1, 0.15) is 11.6 Å². The molecule has 0 saturated carbocycles. The number of halogens is 1. The van der Waals surface area contributed by atoms with Crippen LogP contribution in [-0.4, -0.2) is 46.0 Å². The number of nitrogens with two attached hydrogens (primary N) is 1. The Labute approximate surface area is 155 Å². The molecule has 3 aromatic rings. The molecule has 4 rings (SSSR count). The van der Waals surface area contributed by atoms with Gasteiger partial charge in [-0.05, 0) is 25.1 Å². The number of benzene rings is 1. The normalized spacial score (nSPS) is 15.4. The first kappa shape index (κ1) is 17.4. The molecule has 1 fully saturated rings. The third kappa shape index (κ3) is 3.75. The fourth-order valence-corrected chi connectivity index (χ4v) is 3.47. The van der Waals surface area contributed by atoms with Gasteiger partial charge in [0, 0.05) is 67.1 Å². The van der Waals surface area contributed by atoms with Gasteiger partial charge < -0.3 is 15.6 Å². The van der Waals surface area contributed by atoms with Gasteiger partial charge in [-0.15, -0.1) is 0 Å². The van der Waals surface area contributed by atoms with Crippen molar-refractivity contribution in [3.05, 3.63) is 57.8 Å². The summed E-state index contributed by atoms with van der Waals surface area (Å²) in [6.45, 7) is 5.86. The van der Waals surface area contributed by atoms with E-state index in [9.17, 15) is 9.18 Å². The van der Waals surface area contributed by atoms with E-state index in [-0.39, 0.29) is 11.4 Å². The zero-order valence-corrected chi connectivity index (χ0v) is 15.1. The zero-order valence-electron chi connectivity index (χ0n) is 15.1. The predicted molar refractivity (Wildman–Crippen MR) is 103 cm³/mol. The summed E-state index contributed by atoms with van der Waals surface area (Å²) < 4.78 is 13.3. The number of aryl methyl sites for hydroxylation is 1. The van der Waals surface area contributed by atoms with Crippen molar-refractivity contribution in [3.8, 4) is 0 Å². The summed E-state index contributed by atoms with van der Waals surface area (Å²) in [7, 11) is 0. The Balaban J connectivity index is 1.45. The van der Waals surface area contributed by atoms with E-state index < -0.39 is 5.82 Å². The number of hydrogen-bond donors (Lipinski definition) is 2. The highest BCUT2D eigenvalue weighted by Gasteiger charge is 2.19. The lowest BCUT2D eigenvalue weighted by Gasteiger charge is -2.35. The average molecular weight is 368 g/mol. The van der Waals surface area contributed by atoms with Crippen molar-refractivity contribution in [1.29, 1.82) is 0 Å². The van der Waals surface area contributed by atoms with Crippen molar-refractivity contribution in [1.82, 2.24) is 19.9 Å². The number of fused-ring (bicyclic) bond motifs is 1. The summed E-state index contributed by atoms with van der Waals surface area (Å²) in [5.41, 5.74) is 7.92. The number of H-pyrrole nitrogens is 1. The molecule has 0 atom stereocenters. The molecular formula is C19H21FN6O. The van der Waals surface area contributed by atoms with Gasteiger partial charge in [0.2, 0.25) is 5.95 Å². The second kappa shape index (κ2) is 6.96. The van der Waals surface area contributed by atoms with Crippen LogP contribution in [0.15, 0.2) is 35.1 Å². The molecule has 0 bridgehead atoms. The molecule has 1 aliphatic heterocycles. The van der Waals surface area contributed by atoms with Gasteiger partial charge >= 0.3 is 0 Å². The van der Waals surface area contributed by atoms with Gasteiger partial charge in [0.05, 0.1) is 0 Å². The highest BCUT2D eigenvalue weighted by molar-refractivity contribution is 5.78. The first-order valence-electron chi connectivity index (χ1n) is 8.88. The van der Waals surface area contributed by atoms with Crippen LogP contribution in [0.25, 0.3) is 10.9 Å². The third-order valence-electron chi connectivity index (χ3n) is 4.80. The Hall–Kier alpha value is -3.00. The zero-order chi connectivity index (χ0) is 19.0. The lowest BCUT2D eigenvalue weighted by atomic mass is 10.2. The van der Waals surface area contributed by atoms with Crippen LogP contribution in [-0.2, 0) is 6.54 Å². The molecule has 8 heteroatoms. The van der Waals surface area contributed by atoms with Gasteiger partial charge in [0.15, 0.2) is 5.43 Å². The van der Waals surface area contributed by atoms with Crippen LogP contribution < -0.4 is 16.1 Å². The molecule has 1 saturated heterocycles. The molecule has 1 aliphatic rings. The van der Waals surface area contributed by atoms with E-state index in [2.05, 4.69) is 24.8 Å². The Morgan fingerprint density at radius 3 is 2.67 bits per heavy atom. The van der Waals surface area contributed by atoms with Crippen LogP contribution in [0.3, 0.4) is 0 Å². The van der Waals surface area contributed by atoms with Gasteiger partial charge in [0.25, 0.3) is 0 Å². The molecule has 3 heterocycles. The topological polar surface area (TPSA) is 91.1 Å². The van der Waals surface area contributed by atoms with Crippen molar-refractivity contribution < 1.29 is 4.39 Å². The standard InChI is InChI=1S/C19H21FN6O/c1-12-8-18(24-19(21)22-12)26-6-4-25(5-7-26)11-14-10-17(27)15-9-13(20)2-3-16(15)23-14/h2-3,8-10H,4-7,11H2,1H3,(H,23,27)(H2,21,22,24). The van der Waals surface area contributed by atoms with E-state index in [0.717, 1.165) is 43.4 Å². The van der Waals surface area contributed by atoms with Gasteiger partial charge in [-0.25, -0.2) is 9.37 Å². The molecule has 140 valence electrons. The lowest BCUT2D eigenvalue weighted by molar-refractivity contribution is 0.247. The van der Waals surface area contributed by atoms with Crippen molar-refractivity contribution in [2.45, 2.75) is 13.5 Å². The van der Waals surface area contributed by atoms with Crippen LogP contribution in [0.4, 0.5) is 16.2 Å². The maximum absolute atomic E-state index is 13.3. The van der Waals surface area contributed by atoms with Crippen molar-refractivity contribution in [2.75, 3.05) is 36.8 Å². The molecular weight excluding hydrogens is 347 g/mol. The second-order valence-electron chi connectivity index (χ2n) is 6.84. The summed E-state index contributed by atoms with van der Waals surface area (Å²) in [5, 5.41) is 0.375. The number of piperazine rings is 1. The molecule has 0 aliphatic carbocycles. The molecule has 0 radical (unpaired) electrons. The van der Waals surface area contributed by atoms with Crippen molar-refractivity contribution in [3.63, 3.8) is 0 Å². The summed E-state index contributed by atoms with van der Waals surface area (Å²) in [4.78, 5) is 28.4. The van der Waals surface area contributed by atoms with Gasteiger partial charge in [-0.1, -0.05) is 0 Å². The lowest BCUT2D eigenvalue weighted by Crippen LogP contribution is -2.46. The highest BCUT2D eigenvalue weighted by atomic mass is 19.1. The summed E-state index contributed by atoms with van der Waals surface area (Å²) >= 11 is 0. The maximum Gasteiger partial charge on any atom is 0.222 e. The van der Waals surface area contributed by atoms with Crippen LogP contribution in [0.5, 0.6) is 0 Å². The van der Waals surface area contributed by atoms with Crippen LogP contribution in [0.1, 0.15) is 11.4 Å². The predicted octanol–water partition coefficient (Wildman–Crippen LogP) is 1.67. The second-order valence-corrected chi connectivity index (χ2v) is 6.84. The molecule has 1 aromatic carbocycles. The van der Waals surface area contributed by atoms with Crippen LogP contribution in [0, 0.1) is 12.7 Å². The van der Waals surface area contributed by atoms with Crippen molar-refractivity contribution in [2.24, 2.45) is 0 Å². The number of nitrogens with one attached hydrogen (secondary N) is 1. The highest BCUT2D eigenvalue weighted by Crippen LogP contribution is 2.17. The number of rotatable bonds is 3. The average Bonchev–Trinajstić information content (AvgIpc) is 2.62. The van der Waals surface area contributed by atoms with E-state index >= 15 is 0 Å². The SMILES string of the molecule is Cc1cc(N2CCN(Cc3cc(=O)c4cc(F)ccc4[nH]3)CC2)nc(N)n1. The van der Waals surface area contributed by atoms with E-state index in [1.54, 1.807) is 12.1 Å². The number of anilines is 2. The minimum atomic E-state index is -0.405. The molecule has 0 amide bonds. The van der Waals surface area contributed by atoms with Crippen LogP contribution in [0.2, 0.25) is 0 Å². The summed E-state index contributed by atoms with van der Waals surface area (Å²) in [6.07, 6.45) is 0. The van der Waals surface area contributed by atoms with Gasteiger partial charge in [-0.3, -0.25) is 9.69 Å². The molecule has 0 spiro atoms. The molecule has 27 heavy (non-hydrogen) atoms. The van der Waals surface area contributed by atoms with Gasteiger partial charge in [-0.2, -0.15) is 4.98 Å². The smallest absolute Gasteiger partial charge is 0.222 e. The monoisotopic (exact) mass is 368 g/mol. The first-order valence-corrected chi connectivity index (χ1v) is 8.88. The quantitative estimate of drug-likeness (QED) is 0.731. The van der Waals surface area contributed by atoms with E-state index in [1.165, 1.54) is 12.1 Å². The third-order valence-corrected chi connectivity index (χ3v) is 4.80. The summed E-state index contributed by atoms with van der Waals surface area (Å²) in [6, 6.07) is 7.73. The fraction of sp³-hybridized carbons (Fsp3) is 0.316. The number of aromatic nitrogens is 3. The Kier molecular flexibility index (Phi) is 4.49. The maximum atomic E-state index is 13.3. The van der Waals surface area contributed by atoms with E-state index in [0.29, 0.717) is 17.4 Å². The largest absolute Gasteiger partial charge is 0.368 e. The van der Waals surface area contributed by atoms with E-state index in [4.69, 9.17) is 5.73 Å². The number of nitrogen functional groups attached to an aromatic ring is 1.